The van der Waals surface area contributed by atoms with Crippen molar-refractivity contribution >= 4 is 5.69 Å². The van der Waals surface area contributed by atoms with Crippen molar-refractivity contribution in [3.05, 3.63) is 39.9 Å². The van der Waals surface area contributed by atoms with Gasteiger partial charge in [0.25, 0.3) is 5.69 Å². The molecule has 1 aliphatic carbocycles. The second kappa shape index (κ2) is 6.81. The van der Waals surface area contributed by atoms with Gasteiger partial charge in [0.1, 0.15) is 0 Å². The van der Waals surface area contributed by atoms with Crippen LogP contribution in [0.5, 0.6) is 0 Å². The minimum Gasteiger partial charge on any atom is -0.328 e. The van der Waals surface area contributed by atoms with Gasteiger partial charge in [0, 0.05) is 30.8 Å². The molecule has 0 atom stereocenters. The van der Waals surface area contributed by atoms with Crippen LogP contribution in [0.3, 0.4) is 0 Å². The van der Waals surface area contributed by atoms with Gasteiger partial charge in [-0.2, -0.15) is 0 Å². The van der Waals surface area contributed by atoms with E-state index in [1.807, 2.05) is 12.1 Å². The number of nitrogens with zero attached hydrogens (tertiary/aromatic N) is 2. The maximum Gasteiger partial charge on any atom is 0.269 e. The van der Waals surface area contributed by atoms with Gasteiger partial charge < -0.3 is 5.73 Å². The highest BCUT2D eigenvalue weighted by Gasteiger charge is 2.23. The zero-order valence-electron chi connectivity index (χ0n) is 12.0. The van der Waals surface area contributed by atoms with Crippen LogP contribution in [-0.4, -0.2) is 28.5 Å². The topological polar surface area (TPSA) is 72.4 Å². The molecule has 1 fully saturated rings. The smallest absolute Gasteiger partial charge is 0.269 e. The highest BCUT2D eigenvalue weighted by Crippen LogP contribution is 2.24. The van der Waals surface area contributed by atoms with Crippen LogP contribution in [0.15, 0.2) is 24.3 Å². The number of hydrogen-bond acceptors (Lipinski definition) is 4. The van der Waals surface area contributed by atoms with Crippen LogP contribution in [0.1, 0.15) is 38.2 Å². The molecule has 2 N–H and O–H groups in total. The lowest BCUT2D eigenvalue weighted by Crippen LogP contribution is -2.40. The Bertz CT molecular complexity index is 439. The van der Waals surface area contributed by atoms with Gasteiger partial charge in [-0.25, -0.2) is 0 Å². The van der Waals surface area contributed by atoms with Crippen molar-refractivity contribution in [1.82, 2.24) is 4.90 Å². The van der Waals surface area contributed by atoms with Crippen molar-refractivity contribution in [2.24, 2.45) is 5.73 Å². The quantitative estimate of drug-likeness (QED) is 0.663. The molecule has 0 amide bonds. The van der Waals surface area contributed by atoms with E-state index in [1.54, 1.807) is 12.1 Å². The monoisotopic (exact) mass is 277 g/mol. The van der Waals surface area contributed by atoms with Crippen LogP contribution >= 0.6 is 0 Å². The lowest BCUT2D eigenvalue weighted by Gasteiger charge is -2.35. The van der Waals surface area contributed by atoms with Gasteiger partial charge in [0.05, 0.1) is 4.92 Å². The average Bonchev–Trinajstić information content (AvgIpc) is 2.46. The zero-order valence-corrected chi connectivity index (χ0v) is 12.0. The summed E-state index contributed by atoms with van der Waals surface area (Å²) < 4.78 is 0. The third kappa shape index (κ3) is 3.77. The van der Waals surface area contributed by atoms with Crippen molar-refractivity contribution in [3.8, 4) is 0 Å². The molecule has 1 aromatic carbocycles. The third-order valence-corrected chi connectivity index (χ3v) is 4.20. The Morgan fingerprint density at radius 2 is 1.85 bits per heavy atom. The maximum absolute atomic E-state index is 10.7. The van der Waals surface area contributed by atoms with E-state index < -0.39 is 0 Å². The van der Waals surface area contributed by atoms with E-state index in [0.29, 0.717) is 12.1 Å². The van der Waals surface area contributed by atoms with E-state index in [0.717, 1.165) is 44.3 Å². The Morgan fingerprint density at radius 3 is 2.35 bits per heavy atom. The number of hydrogen-bond donors (Lipinski definition) is 1. The van der Waals surface area contributed by atoms with Crippen LogP contribution in [0.4, 0.5) is 5.69 Å². The molecule has 0 aromatic heterocycles. The van der Waals surface area contributed by atoms with Gasteiger partial charge in [0.2, 0.25) is 0 Å². The largest absolute Gasteiger partial charge is 0.328 e. The molecular formula is C15H23N3O2. The Balaban J connectivity index is 1.97. The first-order chi connectivity index (χ1) is 9.60. The van der Waals surface area contributed by atoms with Crippen molar-refractivity contribution < 1.29 is 4.92 Å². The van der Waals surface area contributed by atoms with Gasteiger partial charge in [-0.05, 0) is 37.8 Å². The average molecular weight is 277 g/mol. The van der Waals surface area contributed by atoms with Crippen LogP contribution in [-0.2, 0) is 6.54 Å². The lowest BCUT2D eigenvalue weighted by atomic mass is 9.90. The second-order valence-corrected chi connectivity index (χ2v) is 5.56. The minimum atomic E-state index is -0.357. The summed E-state index contributed by atoms with van der Waals surface area (Å²) in [7, 11) is 0. The molecule has 110 valence electrons. The summed E-state index contributed by atoms with van der Waals surface area (Å²) in [5.74, 6) is 0. The lowest BCUT2D eigenvalue weighted by molar-refractivity contribution is -0.384. The van der Waals surface area contributed by atoms with Crippen LogP contribution < -0.4 is 5.73 Å². The molecule has 0 heterocycles. The summed E-state index contributed by atoms with van der Waals surface area (Å²) in [4.78, 5) is 12.7. The standard InChI is InChI=1S/C15H23N3O2/c1-2-17(14-9-5-13(16)6-10-14)11-12-3-7-15(8-4-12)18(19)20/h3-4,7-8,13-14H,2,5-6,9-11,16H2,1H3. The van der Waals surface area contributed by atoms with E-state index in [2.05, 4.69) is 11.8 Å². The first-order valence-electron chi connectivity index (χ1n) is 7.33. The number of benzene rings is 1. The molecule has 2 rings (SSSR count). The van der Waals surface area contributed by atoms with E-state index in [9.17, 15) is 10.1 Å². The minimum absolute atomic E-state index is 0.153. The molecular weight excluding hydrogens is 254 g/mol. The predicted octanol–water partition coefficient (Wildman–Crippen LogP) is 2.69. The van der Waals surface area contributed by atoms with Crippen molar-refractivity contribution in [1.29, 1.82) is 0 Å². The SMILES string of the molecule is CCN(Cc1ccc([N+](=O)[O-])cc1)C1CCC(N)CC1. The molecule has 0 spiro atoms. The van der Waals surface area contributed by atoms with Gasteiger partial charge in [0.15, 0.2) is 0 Å². The highest BCUT2D eigenvalue weighted by atomic mass is 16.6. The number of rotatable bonds is 5. The first kappa shape index (κ1) is 14.9. The van der Waals surface area contributed by atoms with Crippen molar-refractivity contribution in [3.63, 3.8) is 0 Å². The summed E-state index contributed by atoms with van der Waals surface area (Å²) in [5.41, 5.74) is 7.24. The van der Waals surface area contributed by atoms with Crippen LogP contribution in [0.25, 0.3) is 0 Å². The molecule has 0 saturated heterocycles. The summed E-state index contributed by atoms with van der Waals surface area (Å²) in [6.45, 7) is 4.02. The highest BCUT2D eigenvalue weighted by molar-refractivity contribution is 5.32. The van der Waals surface area contributed by atoms with Gasteiger partial charge >= 0.3 is 0 Å². The molecule has 1 saturated carbocycles. The van der Waals surface area contributed by atoms with Crippen molar-refractivity contribution in [2.75, 3.05) is 6.54 Å². The Hall–Kier alpha value is -1.46. The summed E-state index contributed by atoms with van der Waals surface area (Å²) in [5, 5.41) is 10.7. The normalized spacial score (nSPS) is 22.9. The molecule has 20 heavy (non-hydrogen) atoms. The summed E-state index contributed by atoms with van der Waals surface area (Å²) >= 11 is 0. The fourth-order valence-corrected chi connectivity index (χ4v) is 2.92. The van der Waals surface area contributed by atoms with Gasteiger partial charge in [-0.3, -0.25) is 15.0 Å². The molecule has 0 unspecified atom stereocenters. The molecule has 0 aliphatic heterocycles. The maximum atomic E-state index is 10.7. The molecule has 5 nitrogen and oxygen atoms in total. The second-order valence-electron chi connectivity index (χ2n) is 5.56. The fraction of sp³-hybridized carbons (Fsp3) is 0.600. The van der Waals surface area contributed by atoms with Crippen molar-refractivity contribution in [2.45, 2.75) is 51.2 Å². The van der Waals surface area contributed by atoms with Gasteiger partial charge in [-0.1, -0.05) is 19.1 Å². The first-order valence-corrected chi connectivity index (χ1v) is 7.33. The fourth-order valence-electron chi connectivity index (χ4n) is 2.92. The molecule has 1 aromatic rings. The zero-order chi connectivity index (χ0) is 14.5. The van der Waals surface area contributed by atoms with E-state index in [-0.39, 0.29) is 10.6 Å². The predicted molar refractivity (Wildman–Crippen MR) is 79.4 cm³/mol. The van der Waals surface area contributed by atoms with E-state index in [1.165, 1.54) is 0 Å². The summed E-state index contributed by atoms with van der Waals surface area (Å²) in [6.07, 6.45) is 4.51. The Labute approximate surface area is 119 Å². The van der Waals surface area contributed by atoms with E-state index in [4.69, 9.17) is 5.73 Å². The summed E-state index contributed by atoms with van der Waals surface area (Å²) in [6, 6.07) is 7.84. The molecule has 5 heteroatoms. The van der Waals surface area contributed by atoms with Gasteiger partial charge in [-0.15, -0.1) is 0 Å². The molecule has 1 aliphatic rings. The number of non-ortho nitro benzene ring substituents is 1. The van der Waals surface area contributed by atoms with Crippen LogP contribution in [0.2, 0.25) is 0 Å². The van der Waals surface area contributed by atoms with E-state index >= 15 is 0 Å². The number of nitro benzene ring substituents is 1. The number of nitro groups is 1. The number of nitrogens with two attached hydrogens (primary N) is 1. The third-order valence-electron chi connectivity index (χ3n) is 4.20. The Kier molecular flexibility index (Phi) is 5.09. The molecule has 0 radical (unpaired) electrons. The molecule has 0 bridgehead atoms. The van der Waals surface area contributed by atoms with Crippen LogP contribution in [0, 0.1) is 10.1 Å². The Morgan fingerprint density at radius 1 is 1.25 bits per heavy atom.